The molecule has 0 spiro atoms. The van der Waals surface area contributed by atoms with Crippen LogP contribution >= 0.6 is 23.2 Å². The van der Waals surface area contributed by atoms with E-state index >= 15 is 0 Å². The van der Waals surface area contributed by atoms with Gasteiger partial charge in [-0.3, -0.25) is 4.79 Å². The lowest BCUT2D eigenvalue weighted by molar-refractivity contribution is 0.0300. The molecule has 6 heteroatoms. The Hall–Kier alpha value is -0.550. The topological polar surface area (TPSA) is 54.1 Å². The molecule has 1 saturated heterocycles. The summed E-state index contributed by atoms with van der Waals surface area (Å²) in [4.78, 5) is 15.2. The number of carbonyl (C=O) groups excluding carboxylic acids is 1. The Morgan fingerprint density at radius 3 is 2.79 bits per heavy atom. The number of rotatable bonds is 4. The van der Waals surface area contributed by atoms with Crippen LogP contribution in [0.2, 0.25) is 10.2 Å². The largest absolute Gasteiger partial charge is 0.380 e. The lowest BCUT2D eigenvalue weighted by Crippen LogP contribution is -2.42. The Balaban J connectivity index is 2.09. The van der Waals surface area contributed by atoms with Gasteiger partial charge < -0.3 is 15.0 Å². The van der Waals surface area contributed by atoms with Crippen molar-refractivity contribution in [3.05, 3.63) is 21.4 Å². The standard InChI is InChI=1S/C13H18Cl2N2O2/c1-7-11(14)12(17-13(7)15)9(18)5-8-3-4-16-6-10(8)19-2/h8,10,16-17H,3-6H2,1-2H3/t8-,10-/m0/s1. The van der Waals surface area contributed by atoms with Crippen molar-refractivity contribution in [1.82, 2.24) is 10.3 Å². The van der Waals surface area contributed by atoms with Crippen LogP contribution in [0.15, 0.2) is 0 Å². The van der Waals surface area contributed by atoms with Gasteiger partial charge in [0.1, 0.15) is 10.8 Å². The van der Waals surface area contributed by atoms with Crippen LogP contribution in [0.25, 0.3) is 0 Å². The highest BCUT2D eigenvalue weighted by molar-refractivity contribution is 6.38. The molecule has 1 fully saturated rings. The second-order valence-corrected chi connectivity index (χ2v) is 5.66. The van der Waals surface area contributed by atoms with Gasteiger partial charge in [-0.2, -0.15) is 0 Å². The molecule has 0 aliphatic carbocycles. The van der Waals surface area contributed by atoms with Gasteiger partial charge in [-0.25, -0.2) is 0 Å². The lowest BCUT2D eigenvalue weighted by Gasteiger charge is -2.30. The Kier molecular flexibility index (Phi) is 4.90. The van der Waals surface area contributed by atoms with Crippen LogP contribution in [0.1, 0.15) is 28.9 Å². The molecule has 2 rings (SSSR count). The fraction of sp³-hybridized carbons (Fsp3) is 0.615. The molecule has 2 N–H and O–H groups in total. The van der Waals surface area contributed by atoms with Crippen LogP contribution < -0.4 is 5.32 Å². The maximum absolute atomic E-state index is 12.3. The Morgan fingerprint density at radius 1 is 1.47 bits per heavy atom. The monoisotopic (exact) mass is 304 g/mol. The molecule has 1 aromatic heterocycles. The number of methoxy groups -OCH3 is 1. The van der Waals surface area contributed by atoms with Crippen molar-refractivity contribution in [3.63, 3.8) is 0 Å². The minimum Gasteiger partial charge on any atom is -0.380 e. The predicted molar refractivity (Wildman–Crippen MR) is 76.3 cm³/mol. The second-order valence-electron chi connectivity index (χ2n) is 4.91. The normalized spacial score (nSPS) is 23.6. The third-order valence-electron chi connectivity index (χ3n) is 3.71. The van der Waals surface area contributed by atoms with Gasteiger partial charge in [0.05, 0.1) is 11.1 Å². The number of halogens is 2. The van der Waals surface area contributed by atoms with E-state index in [4.69, 9.17) is 27.9 Å². The summed E-state index contributed by atoms with van der Waals surface area (Å²) in [5.74, 6) is 0.214. The maximum atomic E-state index is 12.3. The number of ether oxygens (including phenoxy) is 1. The maximum Gasteiger partial charge on any atom is 0.180 e. The highest BCUT2D eigenvalue weighted by Gasteiger charge is 2.28. The van der Waals surface area contributed by atoms with Crippen molar-refractivity contribution >= 4 is 29.0 Å². The lowest BCUT2D eigenvalue weighted by atomic mass is 9.89. The molecule has 1 aliphatic heterocycles. The Labute approximate surface area is 122 Å². The van der Waals surface area contributed by atoms with Gasteiger partial charge >= 0.3 is 0 Å². The van der Waals surface area contributed by atoms with Crippen molar-refractivity contribution in [2.75, 3.05) is 20.2 Å². The van der Waals surface area contributed by atoms with E-state index in [9.17, 15) is 4.79 Å². The summed E-state index contributed by atoms with van der Waals surface area (Å²) < 4.78 is 5.42. The zero-order valence-electron chi connectivity index (χ0n) is 11.1. The third-order valence-corrected chi connectivity index (χ3v) is 4.56. The quantitative estimate of drug-likeness (QED) is 0.841. The summed E-state index contributed by atoms with van der Waals surface area (Å²) in [5, 5.41) is 4.12. The number of hydrogen-bond acceptors (Lipinski definition) is 3. The first-order valence-corrected chi connectivity index (χ1v) is 7.10. The summed E-state index contributed by atoms with van der Waals surface area (Å²) in [5.41, 5.74) is 1.14. The summed E-state index contributed by atoms with van der Waals surface area (Å²) in [7, 11) is 1.68. The van der Waals surface area contributed by atoms with Crippen LogP contribution in [0, 0.1) is 12.8 Å². The van der Waals surface area contributed by atoms with Crippen molar-refractivity contribution < 1.29 is 9.53 Å². The van der Waals surface area contributed by atoms with Crippen LogP contribution in [-0.2, 0) is 4.74 Å². The van der Waals surface area contributed by atoms with E-state index in [1.54, 1.807) is 14.0 Å². The summed E-state index contributed by atoms with van der Waals surface area (Å²) >= 11 is 12.1. The van der Waals surface area contributed by atoms with E-state index in [-0.39, 0.29) is 17.8 Å². The predicted octanol–water partition coefficient (Wildman–Crippen LogP) is 2.83. The number of H-pyrrole nitrogens is 1. The molecular formula is C13H18Cl2N2O2. The smallest absolute Gasteiger partial charge is 0.180 e. The molecule has 0 radical (unpaired) electrons. The number of nitrogens with one attached hydrogen (secondary N) is 2. The second kappa shape index (κ2) is 6.27. The summed E-state index contributed by atoms with van der Waals surface area (Å²) in [6.45, 7) is 3.49. The van der Waals surface area contributed by atoms with Crippen LogP contribution in [0.5, 0.6) is 0 Å². The molecule has 0 aromatic carbocycles. The van der Waals surface area contributed by atoms with E-state index < -0.39 is 0 Å². The molecule has 0 unspecified atom stereocenters. The Bertz CT molecular complexity index is 473. The van der Waals surface area contributed by atoms with Gasteiger partial charge in [-0.15, -0.1) is 0 Å². The van der Waals surface area contributed by atoms with Crippen LogP contribution in [0.4, 0.5) is 0 Å². The first-order valence-electron chi connectivity index (χ1n) is 6.34. The SMILES string of the molecule is CO[C@H]1CNCC[C@H]1CC(=O)c1[nH]c(Cl)c(C)c1Cl. The third kappa shape index (κ3) is 3.14. The zero-order chi connectivity index (χ0) is 14.0. The number of carbonyl (C=O) groups is 1. The summed E-state index contributed by atoms with van der Waals surface area (Å²) in [6.07, 6.45) is 1.42. The molecule has 106 valence electrons. The fourth-order valence-electron chi connectivity index (χ4n) is 2.47. The van der Waals surface area contributed by atoms with E-state index in [1.807, 2.05) is 0 Å². The van der Waals surface area contributed by atoms with Gasteiger partial charge in [0.15, 0.2) is 5.78 Å². The van der Waals surface area contributed by atoms with Gasteiger partial charge in [0.25, 0.3) is 0 Å². The number of Topliss-reactive ketones (excluding diaryl/α,β-unsaturated/α-hetero) is 1. The highest BCUT2D eigenvalue weighted by atomic mass is 35.5. The van der Waals surface area contributed by atoms with E-state index in [1.165, 1.54) is 0 Å². The van der Waals surface area contributed by atoms with E-state index in [2.05, 4.69) is 10.3 Å². The molecule has 2 atom stereocenters. The van der Waals surface area contributed by atoms with Gasteiger partial charge in [0, 0.05) is 25.6 Å². The molecule has 0 saturated carbocycles. The molecular weight excluding hydrogens is 287 g/mol. The van der Waals surface area contributed by atoms with Crippen molar-refractivity contribution in [1.29, 1.82) is 0 Å². The van der Waals surface area contributed by atoms with E-state index in [0.29, 0.717) is 22.3 Å². The minimum absolute atomic E-state index is 0.00560. The molecule has 19 heavy (non-hydrogen) atoms. The van der Waals surface area contributed by atoms with Gasteiger partial charge in [0.2, 0.25) is 0 Å². The number of hydrogen-bond donors (Lipinski definition) is 2. The van der Waals surface area contributed by atoms with Crippen molar-refractivity contribution in [2.24, 2.45) is 5.92 Å². The molecule has 1 aliphatic rings. The number of ketones is 1. The average molecular weight is 305 g/mol. The molecule has 4 nitrogen and oxygen atoms in total. The summed E-state index contributed by atoms with van der Waals surface area (Å²) in [6, 6.07) is 0. The highest BCUT2D eigenvalue weighted by Crippen LogP contribution is 2.30. The van der Waals surface area contributed by atoms with Crippen LogP contribution in [0.3, 0.4) is 0 Å². The van der Waals surface area contributed by atoms with E-state index in [0.717, 1.165) is 25.1 Å². The van der Waals surface area contributed by atoms with Crippen molar-refractivity contribution in [3.8, 4) is 0 Å². The molecule has 0 bridgehead atoms. The van der Waals surface area contributed by atoms with Crippen molar-refractivity contribution in [2.45, 2.75) is 25.9 Å². The molecule has 1 aromatic rings. The van der Waals surface area contributed by atoms with Gasteiger partial charge in [-0.05, 0) is 25.8 Å². The number of aromatic nitrogens is 1. The Morgan fingerprint density at radius 2 is 2.21 bits per heavy atom. The average Bonchev–Trinajstić information content (AvgIpc) is 2.67. The number of aromatic amines is 1. The van der Waals surface area contributed by atoms with Crippen LogP contribution in [-0.4, -0.2) is 37.1 Å². The molecule has 2 heterocycles. The minimum atomic E-state index is -0.00560. The fourth-order valence-corrected chi connectivity index (χ4v) is 2.95. The zero-order valence-corrected chi connectivity index (χ0v) is 12.6. The van der Waals surface area contributed by atoms with Gasteiger partial charge in [-0.1, -0.05) is 23.2 Å². The first kappa shape index (κ1) is 14.9. The number of piperidine rings is 1. The molecule has 0 amide bonds. The first-order chi connectivity index (χ1) is 9.04.